The number of amides is 2. The third-order valence-electron chi connectivity index (χ3n) is 5.64. The Hall–Kier alpha value is -2.78. The first-order valence-electron chi connectivity index (χ1n) is 10.2. The Morgan fingerprint density at radius 3 is 2.19 bits per heavy atom. The molecule has 4 rings (SSSR count). The number of ether oxygens (including phenoxy) is 1. The zero-order chi connectivity index (χ0) is 22.9. The first-order chi connectivity index (χ1) is 15.2. The predicted molar refractivity (Wildman–Crippen MR) is 114 cm³/mol. The number of imide groups is 1. The van der Waals surface area contributed by atoms with Crippen molar-refractivity contribution in [3.05, 3.63) is 53.6 Å². The number of hydrogen-bond donors (Lipinski definition) is 1. The number of rotatable bonds is 5. The van der Waals surface area contributed by atoms with Gasteiger partial charge in [0.05, 0.1) is 18.2 Å². The van der Waals surface area contributed by atoms with Crippen LogP contribution in [-0.4, -0.2) is 48.2 Å². The van der Waals surface area contributed by atoms with E-state index in [1.54, 1.807) is 24.3 Å². The molecule has 0 saturated carbocycles. The molecule has 2 aromatic carbocycles. The zero-order valence-electron chi connectivity index (χ0n) is 16.9. The fourth-order valence-corrected chi connectivity index (χ4v) is 4.23. The van der Waals surface area contributed by atoms with Crippen LogP contribution in [-0.2, 0) is 9.59 Å². The second kappa shape index (κ2) is 8.99. The van der Waals surface area contributed by atoms with Crippen molar-refractivity contribution in [2.24, 2.45) is 0 Å². The zero-order valence-corrected chi connectivity index (χ0v) is 17.7. The molecule has 1 N–H and O–H groups in total. The summed E-state index contributed by atoms with van der Waals surface area (Å²) in [7, 11) is 0. The van der Waals surface area contributed by atoms with E-state index in [-0.39, 0.29) is 30.0 Å². The van der Waals surface area contributed by atoms with Gasteiger partial charge in [0.15, 0.2) is 0 Å². The van der Waals surface area contributed by atoms with Crippen molar-refractivity contribution in [2.75, 3.05) is 23.3 Å². The quantitative estimate of drug-likeness (QED) is 0.658. The van der Waals surface area contributed by atoms with Gasteiger partial charge in [-0.15, -0.1) is 13.2 Å². The number of nitrogens with zero attached hydrogens (tertiary/aromatic N) is 2. The lowest BCUT2D eigenvalue weighted by Crippen LogP contribution is -2.48. The van der Waals surface area contributed by atoms with E-state index in [4.69, 9.17) is 11.6 Å². The Bertz CT molecular complexity index is 975. The van der Waals surface area contributed by atoms with Crippen LogP contribution < -0.4 is 15.0 Å². The summed E-state index contributed by atoms with van der Waals surface area (Å²) in [6, 6.07) is 11.8. The number of piperidine rings is 1. The summed E-state index contributed by atoms with van der Waals surface area (Å²) in [6.07, 6.45) is -3.11. The maximum atomic E-state index is 12.9. The second-order valence-electron chi connectivity index (χ2n) is 7.79. The topological polar surface area (TPSA) is 61.9 Å². The number of likely N-dealkylation sites (tertiary alicyclic amines) is 1. The van der Waals surface area contributed by atoms with Crippen molar-refractivity contribution < 1.29 is 27.5 Å². The van der Waals surface area contributed by atoms with Crippen LogP contribution in [0, 0.1) is 0 Å². The lowest BCUT2D eigenvalue weighted by molar-refractivity contribution is -0.274. The Labute approximate surface area is 187 Å². The van der Waals surface area contributed by atoms with Crippen LogP contribution in [0.3, 0.4) is 0 Å². The SMILES string of the molecule is O=C1C[C@H](N2CCC(Nc3ccc(OC(F)(F)F)cc3)CC2)C(=O)N1c1ccc(Cl)cc1. The number of halogens is 4. The molecule has 2 aliphatic heterocycles. The number of hydrogen-bond acceptors (Lipinski definition) is 5. The third-order valence-corrected chi connectivity index (χ3v) is 5.89. The molecule has 0 aromatic heterocycles. The van der Waals surface area contributed by atoms with Crippen molar-refractivity contribution in [1.29, 1.82) is 0 Å². The van der Waals surface area contributed by atoms with Gasteiger partial charge in [0.25, 0.3) is 5.91 Å². The highest BCUT2D eigenvalue weighted by molar-refractivity contribution is 6.30. The van der Waals surface area contributed by atoms with Crippen molar-refractivity contribution in [1.82, 2.24) is 4.90 Å². The fourth-order valence-electron chi connectivity index (χ4n) is 4.11. The number of carbonyl (C=O) groups excluding carboxylic acids is 2. The number of alkyl halides is 3. The van der Waals surface area contributed by atoms with E-state index in [0.717, 1.165) is 12.8 Å². The van der Waals surface area contributed by atoms with E-state index in [0.29, 0.717) is 29.5 Å². The summed E-state index contributed by atoms with van der Waals surface area (Å²) >= 11 is 5.89. The highest BCUT2D eigenvalue weighted by Crippen LogP contribution is 2.29. The Balaban J connectivity index is 1.31. The normalized spacial score (nSPS) is 20.6. The van der Waals surface area contributed by atoms with Gasteiger partial charge in [-0.2, -0.15) is 0 Å². The number of nitrogens with one attached hydrogen (secondary N) is 1. The van der Waals surface area contributed by atoms with Gasteiger partial charge in [-0.05, 0) is 61.4 Å². The monoisotopic (exact) mass is 467 g/mol. The fraction of sp³-hybridized carbons (Fsp3) is 0.364. The minimum Gasteiger partial charge on any atom is -0.406 e. The van der Waals surface area contributed by atoms with Gasteiger partial charge in [-0.3, -0.25) is 14.5 Å². The summed E-state index contributed by atoms with van der Waals surface area (Å²) in [6.45, 7) is 1.26. The van der Waals surface area contributed by atoms with Gasteiger partial charge in [0, 0.05) is 29.8 Å². The van der Waals surface area contributed by atoms with Gasteiger partial charge in [0.1, 0.15) is 5.75 Å². The summed E-state index contributed by atoms with van der Waals surface area (Å²) in [5, 5.41) is 3.83. The lowest BCUT2D eigenvalue weighted by atomic mass is 10.0. The molecule has 32 heavy (non-hydrogen) atoms. The molecule has 2 aliphatic rings. The average molecular weight is 468 g/mol. The molecule has 2 saturated heterocycles. The summed E-state index contributed by atoms with van der Waals surface area (Å²) < 4.78 is 40.7. The van der Waals surface area contributed by atoms with E-state index in [2.05, 4.69) is 10.1 Å². The average Bonchev–Trinajstić information content (AvgIpc) is 3.04. The van der Waals surface area contributed by atoms with Crippen LogP contribution in [0.25, 0.3) is 0 Å². The van der Waals surface area contributed by atoms with Crippen molar-refractivity contribution in [3.8, 4) is 5.75 Å². The Morgan fingerprint density at radius 1 is 0.969 bits per heavy atom. The van der Waals surface area contributed by atoms with E-state index in [1.165, 1.54) is 29.2 Å². The molecule has 2 heterocycles. The summed E-state index contributed by atoms with van der Waals surface area (Å²) in [5.74, 6) is -0.736. The Morgan fingerprint density at radius 2 is 1.59 bits per heavy atom. The maximum Gasteiger partial charge on any atom is 0.573 e. The van der Waals surface area contributed by atoms with E-state index in [9.17, 15) is 22.8 Å². The molecule has 0 bridgehead atoms. The molecule has 2 amide bonds. The smallest absolute Gasteiger partial charge is 0.406 e. The summed E-state index contributed by atoms with van der Waals surface area (Å²) in [5.41, 5.74) is 1.21. The Kier molecular flexibility index (Phi) is 6.30. The molecule has 170 valence electrons. The molecule has 6 nitrogen and oxygen atoms in total. The molecular weight excluding hydrogens is 447 g/mol. The van der Waals surface area contributed by atoms with Crippen molar-refractivity contribution >= 4 is 34.8 Å². The number of benzene rings is 2. The van der Waals surface area contributed by atoms with Gasteiger partial charge >= 0.3 is 6.36 Å². The van der Waals surface area contributed by atoms with E-state index >= 15 is 0 Å². The van der Waals surface area contributed by atoms with E-state index < -0.39 is 12.4 Å². The first-order valence-corrected chi connectivity index (χ1v) is 10.6. The minimum absolute atomic E-state index is 0.111. The van der Waals surface area contributed by atoms with Crippen LogP contribution in [0.2, 0.25) is 5.02 Å². The second-order valence-corrected chi connectivity index (χ2v) is 8.23. The third kappa shape index (κ3) is 5.16. The van der Waals surface area contributed by atoms with Crippen LogP contribution in [0.5, 0.6) is 5.75 Å². The standard InChI is InChI=1S/C22H21ClF3N3O3/c23-14-1-5-17(6-2-14)29-20(30)13-19(21(29)31)28-11-9-16(10-12-28)27-15-3-7-18(8-4-15)32-22(24,25)26/h1-8,16,19,27H,9-13H2/t19-/m0/s1. The summed E-state index contributed by atoms with van der Waals surface area (Å²) in [4.78, 5) is 28.7. The van der Waals surface area contributed by atoms with Crippen LogP contribution in [0.15, 0.2) is 48.5 Å². The minimum atomic E-state index is -4.72. The molecule has 2 aromatic rings. The lowest BCUT2D eigenvalue weighted by Gasteiger charge is -2.35. The molecule has 1 atom stereocenters. The largest absolute Gasteiger partial charge is 0.573 e. The predicted octanol–water partition coefficient (Wildman–Crippen LogP) is 4.45. The molecule has 2 fully saturated rings. The highest BCUT2D eigenvalue weighted by atomic mass is 35.5. The van der Waals surface area contributed by atoms with E-state index in [1.807, 2.05) is 4.90 Å². The van der Waals surface area contributed by atoms with Gasteiger partial charge < -0.3 is 10.1 Å². The highest BCUT2D eigenvalue weighted by Gasteiger charge is 2.43. The first kappa shape index (κ1) is 22.4. The molecule has 0 spiro atoms. The van der Waals surface area contributed by atoms with Crippen LogP contribution in [0.1, 0.15) is 19.3 Å². The molecule has 0 radical (unpaired) electrons. The van der Waals surface area contributed by atoms with Crippen LogP contribution >= 0.6 is 11.6 Å². The van der Waals surface area contributed by atoms with Gasteiger partial charge in [-0.25, -0.2) is 4.90 Å². The maximum absolute atomic E-state index is 12.9. The van der Waals surface area contributed by atoms with Crippen LogP contribution in [0.4, 0.5) is 24.5 Å². The van der Waals surface area contributed by atoms with Crippen molar-refractivity contribution in [2.45, 2.75) is 37.7 Å². The molecule has 0 unspecified atom stereocenters. The molecule has 10 heteroatoms. The molecule has 0 aliphatic carbocycles. The number of anilines is 2. The van der Waals surface area contributed by atoms with Gasteiger partial charge in [-0.1, -0.05) is 11.6 Å². The number of carbonyl (C=O) groups is 2. The molecular formula is C22H21ClF3N3O3. The van der Waals surface area contributed by atoms with Crippen molar-refractivity contribution in [3.63, 3.8) is 0 Å². The van der Waals surface area contributed by atoms with Gasteiger partial charge in [0.2, 0.25) is 5.91 Å².